The largest absolute Gasteiger partial charge is 0.269 e. The molecule has 1 aromatic carbocycles. The first-order valence-corrected chi connectivity index (χ1v) is 10.6. The summed E-state index contributed by atoms with van der Waals surface area (Å²) in [6.45, 7) is 0.349. The van der Waals surface area contributed by atoms with Crippen molar-refractivity contribution < 1.29 is 13.2 Å². The topological polar surface area (TPSA) is 54.5 Å². The SMILES string of the molecule is O=C1c2ccccc2S(=O)(=O)N1CCC12CC3CC(CC(C3)C1)C2. The quantitative estimate of drug-likeness (QED) is 0.843. The average molecular weight is 345 g/mol. The van der Waals surface area contributed by atoms with Crippen molar-refractivity contribution >= 4 is 15.9 Å². The Morgan fingerprint density at radius 2 is 1.58 bits per heavy atom. The van der Waals surface area contributed by atoms with Crippen LogP contribution >= 0.6 is 0 Å². The number of carbonyl (C=O) groups excluding carboxylic acids is 1. The molecule has 0 atom stereocenters. The van der Waals surface area contributed by atoms with Gasteiger partial charge in [0.1, 0.15) is 4.90 Å². The highest BCUT2D eigenvalue weighted by Crippen LogP contribution is 2.61. The molecule has 1 heterocycles. The number of hydrogen-bond donors (Lipinski definition) is 0. The van der Waals surface area contributed by atoms with Crippen molar-refractivity contribution in [3.05, 3.63) is 29.8 Å². The molecular formula is C19H23NO3S. The summed E-state index contributed by atoms with van der Waals surface area (Å²) in [5.74, 6) is 2.20. The summed E-state index contributed by atoms with van der Waals surface area (Å²) in [4.78, 5) is 12.8. The third-order valence-electron chi connectivity index (χ3n) is 6.92. The van der Waals surface area contributed by atoms with Crippen LogP contribution in [0.3, 0.4) is 0 Å². The van der Waals surface area contributed by atoms with Gasteiger partial charge in [-0.05, 0) is 80.2 Å². The monoisotopic (exact) mass is 345 g/mol. The molecule has 0 N–H and O–H groups in total. The summed E-state index contributed by atoms with van der Waals surface area (Å²) in [6.07, 6.45) is 8.72. The molecule has 1 aliphatic heterocycles. The van der Waals surface area contributed by atoms with Crippen molar-refractivity contribution in [3.8, 4) is 0 Å². The minimum absolute atomic E-state index is 0.181. The second-order valence-corrected chi connectivity index (χ2v) is 10.4. The van der Waals surface area contributed by atoms with Gasteiger partial charge in [0, 0.05) is 6.54 Å². The van der Waals surface area contributed by atoms with Gasteiger partial charge in [-0.1, -0.05) is 12.1 Å². The van der Waals surface area contributed by atoms with Crippen LogP contribution in [0.2, 0.25) is 0 Å². The molecule has 1 aromatic rings. The van der Waals surface area contributed by atoms with Crippen LogP contribution < -0.4 is 0 Å². The number of nitrogens with zero attached hydrogens (tertiary/aromatic N) is 1. The Labute approximate surface area is 143 Å². The van der Waals surface area contributed by atoms with Crippen LogP contribution in [0.15, 0.2) is 29.2 Å². The van der Waals surface area contributed by atoms with Gasteiger partial charge in [0.25, 0.3) is 15.9 Å². The Kier molecular flexibility index (Phi) is 3.01. The summed E-state index contributed by atoms with van der Waals surface area (Å²) in [6, 6.07) is 6.59. The van der Waals surface area contributed by atoms with Gasteiger partial charge >= 0.3 is 0 Å². The van der Waals surface area contributed by atoms with Crippen LogP contribution in [0.1, 0.15) is 55.3 Å². The van der Waals surface area contributed by atoms with E-state index in [2.05, 4.69) is 0 Å². The molecule has 5 heteroatoms. The van der Waals surface area contributed by atoms with Crippen LogP contribution in [0.4, 0.5) is 0 Å². The van der Waals surface area contributed by atoms with Crippen molar-refractivity contribution in [2.75, 3.05) is 6.54 Å². The van der Waals surface area contributed by atoms with Gasteiger partial charge in [0.15, 0.2) is 0 Å². The van der Waals surface area contributed by atoms with Crippen molar-refractivity contribution in [2.45, 2.75) is 49.8 Å². The molecule has 1 amide bonds. The van der Waals surface area contributed by atoms with Gasteiger partial charge in [-0.25, -0.2) is 12.7 Å². The molecule has 4 nitrogen and oxygen atoms in total. The van der Waals surface area contributed by atoms with E-state index < -0.39 is 10.0 Å². The first kappa shape index (κ1) is 14.9. The average Bonchev–Trinajstić information content (AvgIpc) is 2.72. The van der Waals surface area contributed by atoms with Crippen molar-refractivity contribution in [1.82, 2.24) is 4.31 Å². The molecule has 5 aliphatic rings. The lowest BCUT2D eigenvalue weighted by atomic mass is 9.49. The molecule has 0 aromatic heterocycles. The van der Waals surface area contributed by atoms with Crippen molar-refractivity contribution in [3.63, 3.8) is 0 Å². The fourth-order valence-electron chi connectivity index (χ4n) is 6.39. The minimum Gasteiger partial charge on any atom is -0.268 e. The van der Waals surface area contributed by atoms with E-state index in [9.17, 15) is 13.2 Å². The Morgan fingerprint density at radius 3 is 2.17 bits per heavy atom. The Hall–Kier alpha value is -1.36. The maximum atomic E-state index is 12.7. The first-order valence-electron chi connectivity index (χ1n) is 9.13. The highest BCUT2D eigenvalue weighted by atomic mass is 32.2. The van der Waals surface area contributed by atoms with Crippen molar-refractivity contribution in [2.24, 2.45) is 23.2 Å². The lowest BCUT2D eigenvalue weighted by Gasteiger charge is -2.57. The van der Waals surface area contributed by atoms with Gasteiger partial charge in [-0.3, -0.25) is 4.79 Å². The zero-order chi connectivity index (χ0) is 16.5. The predicted octanol–water partition coefficient (Wildman–Crippen LogP) is 3.44. The Morgan fingerprint density at radius 1 is 1.00 bits per heavy atom. The maximum absolute atomic E-state index is 12.7. The zero-order valence-corrected chi connectivity index (χ0v) is 14.6. The van der Waals surface area contributed by atoms with E-state index >= 15 is 0 Å². The molecule has 4 bridgehead atoms. The van der Waals surface area contributed by atoms with E-state index in [-0.39, 0.29) is 10.8 Å². The van der Waals surface area contributed by atoms with Gasteiger partial charge in [0.05, 0.1) is 5.56 Å². The smallest absolute Gasteiger partial charge is 0.268 e. The van der Waals surface area contributed by atoms with E-state index in [1.54, 1.807) is 24.3 Å². The van der Waals surface area contributed by atoms with E-state index in [4.69, 9.17) is 0 Å². The van der Waals surface area contributed by atoms with Crippen molar-refractivity contribution in [1.29, 1.82) is 0 Å². The molecule has 6 rings (SSSR count). The number of carbonyl (C=O) groups is 1. The summed E-state index contributed by atoms with van der Waals surface area (Å²) in [5, 5.41) is 0. The fraction of sp³-hybridized carbons (Fsp3) is 0.632. The standard InChI is InChI=1S/C19H23NO3S/c21-18-16-3-1-2-4-17(16)24(22,23)20(18)6-5-19-10-13-7-14(11-19)9-15(8-13)12-19/h1-4,13-15H,5-12H2. The Bertz CT molecular complexity index is 778. The van der Waals surface area contributed by atoms with Gasteiger partial charge < -0.3 is 0 Å². The lowest BCUT2D eigenvalue weighted by Crippen LogP contribution is -2.47. The number of benzene rings is 1. The minimum atomic E-state index is -3.65. The fourth-order valence-corrected chi connectivity index (χ4v) is 7.96. The van der Waals surface area contributed by atoms with Gasteiger partial charge in [0.2, 0.25) is 0 Å². The summed E-state index contributed by atoms with van der Waals surface area (Å²) in [7, 11) is -3.65. The number of fused-ring (bicyclic) bond motifs is 1. The van der Waals surface area contributed by atoms with E-state index in [1.165, 1.54) is 38.5 Å². The zero-order valence-electron chi connectivity index (χ0n) is 13.8. The molecule has 0 radical (unpaired) electrons. The third kappa shape index (κ3) is 2.03. The number of amides is 1. The third-order valence-corrected chi connectivity index (χ3v) is 8.76. The van der Waals surface area contributed by atoms with E-state index in [0.717, 1.165) is 28.5 Å². The van der Waals surface area contributed by atoms with Crippen LogP contribution in [0, 0.1) is 23.2 Å². The molecule has 24 heavy (non-hydrogen) atoms. The molecule has 0 unspecified atom stereocenters. The van der Waals surface area contributed by atoms with E-state index in [0.29, 0.717) is 17.5 Å². The molecule has 4 fully saturated rings. The molecule has 4 saturated carbocycles. The van der Waals surface area contributed by atoms with Crippen LogP contribution in [-0.2, 0) is 10.0 Å². The van der Waals surface area contributed by atoms with Gasteiger partial charge in [-0.2, -0.15) is 0 Å². The molecule has 0 saturated heterocycles. The first-order chi connectivity index (χ1) is 11.5. The molecular weight excluding hydrogens is 322 g/mol. The second-order valence-electron chi connectivity index (χ2n) is 8.55. The highest BCUT2D eigenvalue weighted by molar-refractivity contribution is 7.90. The van der Waals surface area contributed by atoms with Crippen LogP contribution in [-0.4, -0.2) is 25.2 Å². The normalized spacial score (nSPS) is 38.6. The van der Waals surface area contributed by atoms with Crippen LogP contribution in [0.5, 0.6) is 0 Å². The lowest BCUT2D eigenvalue weighted by molar-refractivity contribution is -0.0581. The maximum Gasteiger partial charge on any atom is 0.269 e. The number of rotatable bonds is 3. The second kappa shape index (κ2) is 4.84. The van der Waals surface area contributed by atoms with Gasteiger partial charge in [-0.15, -0.1) is 0 Å². The highest BCUT2D eigenvalue weighted by Gasteiger charge is 2.51. The Balaban J connectivity index is 1.39. The summed E-state index contributed by atoms with van der Waals surface area (Å²) in [5.41, 5.74) is 0.627. The number of hydrogen-bond acceptors (Lipinski definition) is 3. The number of sulfonamides is 1. The van der Waals surface area contributed by atoms with E-state index in [1.807, 2.05) is 0 Å². The molecule has 0 spiro atoms. The summed E-state index contributed by atoms with van der Waals surface area (Å²) < 4.78 is 26.6. The predicted molar refractivity (Wildman–Crippen MR) is 89.9 cm³/mol. The molecule has 4 aliphatic carbocycles. The summed E-state index contributed by atoms with van der Waals surface area (Å²) >= 11 is 0. The van der Waals surface area contributed by atoms with Crippen LogP contribution in [0.25, 0.3) is 0 Å². The molecule has 128 valence electrons.